The highest BCUT2D eigenvalue weighted by atomic mass is 16.4. The van der Waals surface area contributed by atoms with Crippen LogP contribution < -0.4 is 33.2 Å². The van der Waals surface area contributed by atoms with Crippen molar-refractivity contribution in [2.75, 3.05) is 0 Å². The Bertz CT molecular complexity index is 801. The molecule has 0 aromatic heterocycles. The average Bonchev–Trinajstić information content (AvgIpc) is 2.68. The van der Waals surface area contributed by atoms with Crippen molar-refractivity contribution in [3.8, 4) is 0 Å². The molecule has 34 heavy (non-hydrogen) atoms. The van der Waals surface area contributed by atoms with E-state index in [9.17, 15) is 38.7 Å². The molecule has 0 bridgehead atoms. The fraction of sp³-hybridized carbons (Fsp3) is 0.632. The summed E-state index contributed by atoms with van der Waals surface area (Å²) in [5.41, 5.74) is 15.6. The van der Waals surface area contributed by atoms with Crippen molar-refractivity contribution < 1.29 is 43.8 Å². The third-order valence-corrected chi connectivity index (χ3v) is 4.40. The fourth-order valence-corrected chi connectivity index (χ4v) is 2.76. The van der Waals surface area contributed by atoms with E-state index in [0.29, 0.717) is 0 Å². The van der Waals surface area contributed by atoms with Gasteiger partial charge in [0, 0.05) is 6.42 Å². The number of aliphatic carboxylic acids is 2. The van der Waals surface area contributed by atoms with Crippen LogP contribution in [0.3, 0.4) is 0 Å². The van der Waals surface area contributed by atoms with Gasteiger partial charge in [-0.25, -0.2) is 4.79 Å². The van der Waals surface area contributed by atoms with Crippen molar-refractivity contribution >= 4 is 41.5 Å². The van der Waals surface area contributed by atoms with Crippen LogP contribution in [0.5, 0.6) is 0 Å². The second-order valence-electron chi connectivity index (χ2n) is 8.03. The summed E-state index contributed by atoms with van der Waals surface area (Å²) < 4.78 is 0. The highest BCUT2D eigenvalue weighted by Crippen LogP contribution is 2.08. The molecule has 0 aromatic carbocycles. The maximum absolute atomic E-state index is 12.7. The topological polar surface area (TPSA) is 274 Å². The highest BCUT2D eigenvalue weighted by Gasteiger charge is 2.31. The number of primary amides is 2. The lowest BCUT2D eigenvalue weighted by molar-refractivity contribution is -0.143. The predicted molar refractivity (Wildman–Crippen MR) is 115 cm³/mol. The Morgan fingerprint density at radius 2 is 1.24 bits per heavy atom. The average molecular weight is 488 g/mol. The molecule has 15 heteroatoms. The van der Waals surface area contributed by atoms with E-state index in [2.05, 4.69) is 16.0 Å². The molecule has 11 N–H and O–H groups in total. The van der Waals surface area contributed by atoms with Crippen LogP contribution in [0.15, 0.2) is 0 Å². The normalized spacial score (nSPS) is 14.2. The van der Waals surface area contributed by atoms with Gasteiger partial charge in [0.25, 0.3) is 0 Å². The zero-order valence-corrected chi connectivity index (χ0v) is 18.9. The van der Waals surface area contributed by atoms with Crippen LogP contribution >= 0.6 is 0 Å². The summed E-state index contributed by atoms with van der Waals surface area (Å²) in [6.45, 7) is 3.45. The van der Waals surface area contributed by atoms with Crippen LogP contribution in [0.1, 0.15) is 46.0 Å². The first-order chi connectivity index (χ1) is 15.6. The molecule has 192 valence electrons. The lowest BCUT2D eigenvalue weighted by atomic mass is 10.0. The van der Waals surface area contributed by atoms with Gasteiger partial charge in [0.05, 0.1) is 18.9 Å². The van der Waals surface area contributed by atoms with Crippen LogP contribution in [-0.4, -0.2) is 75.9 Å². The molecule has 0 aliphatic carbocycles. The van der Waals surface area contributed by atoms with E-state index in [0.717, 1.165) is 0 Å². The maximum atomic E-state index is 12.7. The summed E-state index contributed by atoms with van der Waals surface area (Å²) in [5, 5.41) is 24.7. The van der Waals surface area contributed by atoms with Crippen molar-refractivity contribution in [3.63, 3.8) is 0 Å². The van der Waals surface area contributed by atoms with Crippen molar-refractivity contribution in [2.45, 2.75) is 70.1 Å². The first-order valence-corrected chi connectivity index (χ1v) is 10.3. The van der Waals surface area contributed by atoms with E-state index < -0.39 is 78.5 Å². The zero-order chi connectivity index (χ0) is 26.6. The summed E-state index contributed by atoms with van der Waals surface area (Å²) in [7, 11) is 0. The van der Waals surface area contributed by atoms with Crippen molar-refractivity contribution in [1.29, 1.82) is 0 Å². The first-order valence-electron chi connectivity index (χ1n) is 10.3. The molecule has 0 heterocycles. The molecule has 0 rings (SSSR count). The number of nitrogens with one attached hydrogen (secondary N) is 3. The van der Waals surface area contributed by atoms with E-state index >= 15 is 0 Å². The van der Waals surface area contributed by atoms with Gasteiger partial charge in [0.15, 0.2) is 0 Å². The first kappa shape index (κ1) is 30.2. The molecule has 0 aliphatic heterocycles. The van der Waals surface area contributed by atoms with Crippen LogP contribution in [-0.2, 0) is 33.6 Å². The molecule has 0 aliphatic rings. The zero-order valence-electron chi connectivity index (χ0n) is 18.9. The molecule has 0 saturated heterocycles. The molecule has 4 atom stereocenters. The van der Waals surface area contributed by atoms with Crippen LogP contribution in [0.4, 0.5) is 0 Å². The molecule has 0 spiro atoms. The van der Waals surface area contributed by atoms with Gasteiger partial charge in [-0.1, -0.05) is 13.8 Å². The van der Waals surface area contributed by atoms with Crippen molar-refractivity contribution in [1.82, 2.24) is 16.0 Å². The van der Waals surface area contributed by atoms with Gasteiger partial charge in [-0.3, -0.25) is 28.8 Å². The number of rotatable bonds is 16. The quantitative estimate of drug-likeness (QED) is 0.106. The Labute approximate surface area is 195 Å². The van der Waals surface area contributed by atoms with Crippen LogP contribution in [0.25, 0.3) is 0 Å². The second-order valence-corrected chi connectivity index (χ2v) is 8.03. The highest BCUT2D eigenvalue weighted by molar-refractivity contribution is 5.96. The Kier molecular flexibility index (Phi) is 12.8. The van der Waals surface area contributed by atoms with Crippen LogP contribution in [0, 0.1) is 5.92 Å². The minimum absolute atomic E-state index is 0.0511. The van der Waals surface area contributed by atoms with Crippen LogP contribution in [0.2, 0.25) is 0 Å². The number of carbonyl (C=O) groups is 7. The summed E-state index contributed by atoms with van der Waals surface area (Å²) in [4.78, 5) is 82.0. The monoisotopic (exact) mass is 488 g/mol. The smallest absolute Gasteiger partial charge is 0.326 e. The molecule has 4 unspecified atom stereocenters. The SMILES string of the molecule is CC(C)CC(NC(=O)C(CC(N)=O)NC(=O)C(N)CC(=O)O)C(=O)NC(CCC(N)=O)C(=O)O. The third kappa shape index (κ3) is 12.3. The number of hydrogen-bond acceptors (Lipinski definition) is 8. The number of carbonyl (C=O) groups excluding carboxylic acids is 5. The Morgan fingerprint density at radius 3 is 1.68 bits per heavy atom. The summed E-state index contributed by atoms with van der Waals surface area (Å²) >= 11 is 0. The van der Waals surface area contributed by atoms with Gasteiger partial charge in [-0.15, -0.1) is 0 Å². The van der Waals surface area contributed by atoms with Gasteiger partial charge < -0.3 is 43.4 Å². The van der Waals surface area contributed by atoms with E-state index in [-0.39, 0.29) is 25.2 Å². The minimum atomic E-state index is -1.57. The Hall–Kier alpha value is -3.75. The van der Waals surface area contributed by atoms with E-state index in [1.54, 1.807) is 13.8 Å². The summed E-state index contributed by atoms with van der Waals surface area (Å²) in [5.74, 6) is -7.60. The number of nitrogens with two attached hydrogens (primary N) is 3. The van der Waals surface area contributed by atoms with E-state index in [1.807, 2.05) is 0 Å². The number of carboxylic acids is 2. The van der Waals surface area contributed by atoms with Crippen molar-refractivity contribution in [3.05, 3.63) is 0 Å². The van der Waals surface area contributed by atoms with Gasteiger partial charge in [-0.05, 0) is 18.8 Å². The fourth-order valence-electron chi connectivity index (χ4n) is 2.76. The Balaban J connectivity index is 5.54. The molecular weight excluding hydrogens is 456 g/mol. The molecule has 5 amide bonds. The van der Waals surface area contributed by atoms with Gasteiger partial charge in [0.2, 0.25) is 29.5 Å². The number of amides is 5. The third-order valence-electron chi connectivity index (χ3n) is 4.40. The standard InChI is InChI=1S/C19H32N6O9/c1-8(2)5-11(17(31)23-10(19(33)34)3-4-13(21)26)25-18(32)12(7-14(22)27)24-16(30)9(20)6-15(28)29/h8-12H,3-7,20H2,1-2H3,(H2,21,26)(H2,22,27)(H,23,31)(H,24,30)(H,25,32)(H,28,29)(H,33,34). The van der Waals surface area contributed by atoms with Gasteiger partial charge in [-0.2, -0.15) is 0 Å². The lowest BCUT2D eigenvalue weighted by Gasteiger charge is -2.25. The van der Waals surface area contributed by atoms with Gasteiger partial charge in [0.1, 0.15) is 18.1 Å². The minimum Gasteiger partial charge on any atom is -0.481 e. The summed E-state index contributed by atoms with van der Waals surface area (Å²) in [6.07, 6.45) is -1.95. The predicted octanol–water partition coefficient (Wildman–Crippen LogP) is -3.49. The number of carboxylic acid groups (broad SMARTS) is 2. The molecule has 15 nitrogen and oxygen atoms in total. The lowest BCUT2D eigenvalue weighted by Crippen LogP contribution is -2.58. The molecule has 0 radical (unpaired) electrons. The molecule has 0 saturated carbocycles. The van der Waals surface area contributed by atoms with E-state index in [4.69, 9.17) is 22.3 Å². The molecular formula is C19H32N6O9. The largest absolute Gasteiger partial charge is 0.481 e. The van der Waals surface area contributed by atoms with E-state index in [1.165, 1.54) is 0 Å². The molecule has 0 fully saturated rings. The second kappa shape index (κ2) is 14.4. The number of hydrogen-bond donors (Lipinski definition) is 8. The maximum Gasteiger partial charge on any atom is 0.326 e. The molecule has 0 aromatic rings. The Morgan fingerprint density at radius 1 is 0.735 bits per heavy atom. The summed E-state index contributed by atoms with van der Waals surface area (Å²) in [6, 6.07) is -5.82. The van der Waals surface area contributed by atoms with Gasteiger partial charge >= 0.3 is 11.9 Å². The van der Waals surface area contributed by atoms with Crippen molar-refractivity contribution in [2.24, 2.45) is 23.1 Å².